The maximum atomic E-state index is 11.5. The van der Waals surface area contributed by atoms with E-state index in [0.717, 1.165) is 19.3 Å². The molecule has 3 heteroatoms. The second-order valence-corrected chi connectivity index (χ2v) is 3.76. The van der Waals surface area contributed by atoms with Crippen molar-refractivity contribution in [2.45, 2.75) is 32.2 Å². The minimum absolute atomic E-state index is 0.0872. The molecule has 2 N–H and O–H groups in total. The molecule has 0 aromatic rings. The minimum Gasteiger partial charge on any atom is -0.465 e. The van der Waals surface area contributed by atoms with Crippen LogP contribution in [0.2, 0.25) is 0 Å². The van der Waals surface area contributed by atoms with Crippen LogP contribution in [0.4, 0.5) is 0 Å². The molecule has 1 aliphatic rings. The molecule has 2 atom stereocenters. The minimum atomic E-state index is -0.525. The van der Waals surface area contributed by atoms with Gasteiger partial charge in [-0.3, -0.25) is 4.79 Å². The average molecular weight is 209 g/mol. The van der Waals surface area contributed by atoms with Crippen molar-refractivity contribution < 1.29 is 9.53 Å². The second kappa shape index (κ2) is 6.40. The van der Waals surface area contributed by atoms with E-state index in [9.17, 15) is 4.79 Å². The molecular weight excluding hydrogens is 190 g/mol. The number of allylic oxidation sites excluding steroid dienone is 3. The van der Waals surface area contributed by atoms with Gasteiger partial charge < -0.3 is 10.5 Å². The van der Waals surface area contributed by atoms with Crippen LogP contribution < -0.4 is 5.73 Å². The van der Waals surface area contributed by atoms with Crippen molar-refractivity contribution >= 4 is 5.97 Å². The average Bonchev–Trinajstić information content (AvgIpc) is 2.29. The van der Waals surface area contributed by atoms with Crippen LogP contribution in [-0.2, 0) is 9.53 Å². The zero-order valence-electron chi connectivity index (χ0n) is 9.19. The number of carbonyl (C=O) groups is 1. The first-order chi connectivity index (χ1) is 7.25. The van der Waals surface area contributed by atoms with Crippen LogP contribution in [-0.4, -0.2) is 18.6 Å². The number of hydrogen-bond acceptors (Lipinski definition) is 3. The molecule has 0 heterocycles. The molecule has 0 radical (unpaired) electrons. The van der Waals surface area contributed by atoms with Gasteiger partial charge in [-0.05, 0) is 12.8 Å². The zero-order valence-corrected chi connectivity index (χ0v) is 9.19. The maximum Gasteiger partial charge on any atom is 0.323 e. The van der Waals surface area contributed by atoms with Gasteiger partial charge in [0.1, 0.15) is 6.04 Å². The smallest absolute Gasteiger partial charge is 0.323 e. The number of hydrogen-bond donors (Lipinski definition) is 1. The van der Waals surface area contributed by atoms with Gasteiger partial charge in [-0.15, -0.1) is 0 Å². The fraction of sp³-hybridized carbons (Fsp3) is 0.583. The molecule has 0 spiro atoms. The maximum absolute atomic E-state index is 11.5. The molecule has 1 rings (SSSR count). The van der Waals surface area contributed by atoms with Crippen molar-refractivity contribution in [3.05, 3.63) is 24.3 Å². The zero-order chi connectivity index (χ0) is 11.1. The molecule has 84 valence electrons. The predicted octanol–water partition coefficient (Wildman–Crippen LogP) is 1.79. The van der Waals surface area contributed by atoms with E-state index in [1.807, 2.05) is 24.3 Å². The van der Waals surface area contributed by atoms with E-state index < -0.39 is 6.04 Å². The van der Waals surface area contributed by atoms with Crippen molar-refractivity contribution in [2.75, 3.05) is 6.61 Å². The first-order valence-electron chi connectivity index (χ1n) is 5.51. The van der Waals surface area contributed by atoms with Crippen molar-refractivity contribution in [2.24, 2.45) is 11.7 Å². The van der Waals surface area contributed by atoms with Crippen LogP contribution in [0.25, 0.3) is 0 Å². The van der Waals surface area contributed by atoms with Crippen molar-refractivity contribution in [3.63, 3.8) is 0 Å². The topological polar surface area (TPSA) is 52.3 Å². The summed E-state index contributed by atoms with van der Waals surface area (Å²) in [7, 11) is 0. The summed E-state index contributed by atoms with van der Waals surface area (Å²) in [6.45, 7) is 2.54. The molecule has 0 bridgehead atoms. The summed E-state index contributed by atoms with van der Waals surface area (Å²) in [4.78, 5) is 11.5. The highest BCUT2D eigenvalue weighted by Crippen LogP contribution is 2.15. The predicted molar refractivity (Wildman–Crippen MR) is 60.2 cm³/mol. The van der Waals surface area contributed by atoms with Crippen molar-refractivity contribution in [1.29, 1.82) is 0 Å². The summed E-state index contributed by atoms with van der Waals surface area (Å²) in [5.74, 6) is -0.197. The van der Waals surface area contributed by atoms with Gasteiger partial charge in [-0.25, -0.2) is 0 Å². The summed E-state index contributed by atoms with van der Waals surface area (Å²) < 4.78 is 5.08. The standard InChI is InChI=1S/C12H19NO2/c1-2-3-9-15-12(14)11(13)10-7-5-4-6-8-10/h4-7,10-11H,2-3,8-9,13H2,1H3. The molecule has 0 saturated heterocycles. The van der Waals surface area contributed by atoms with Crippen LogP contribution in [0, 0.1) is 5.92 Å². The van der Waals surface area contributed by atoms with Crippen molar-refractivity contribution in [1.82, 2.24) is 0 Å². The van der Waals surface area contributed by atoms with E-state index in [0.29, 0.717) is 6.61 Å². The molecule has 1 aliphatic carbocycles. The summed E-state index contributed by atoms with van der Waals surface area (Å²) in [5.41, 5.74) is 5.81. The highest BCUT2D eigenvalue weighted by Gasteiger charge is 2.23. The summed E-state index contributed by atoms with van der Waals surface area (Å²) in [6, 6.07) is -0.525. The molecule has 0 saturated carbocycles. The van der Waals surface area contributed by atoms with Gasteiger partial charge in [-0.2, -0.15) is 0 Å². The Morgan fingerprint density at radius 3 is 3.00 bits per heavy atom. The molecule has 0 fully saturated rings. The molecule has 0 aliphatic heterocycles. The van der Waals surface area contributed by atoms with Crippen molar-refractivity contribution in [3.8, 4) is 0 Å². The molecular formula is C12H19NO2. The van der Waals surface area contributed by atoms with Gasteiger partial charge in [0.25, 0.3) is 0 Å². The summed E-state index contributed by atoms with van der Waals surface area (Å²) >= 11 is 0. The second-order valence-electron chi connectivity index (χ2n) is 3.76. The van der Waals surface area contributed by atoms with Gasteiger partial charge in [0.15, 0.2) is 0 Å². The molecule has 0 aromatic carbocycles. The third-order valence-electron chi connectivity index (χ3n) is 2.49. The quantitative estimate of drug-likeness (QED) is 0.554. The number of unbranched alkanes of at least 4 members (excludes halogenated alkanes) is 1. The Kier molecular flexibility index (Phi) is 5.12. The first-order valence-corrected chi connectivity index (χ1v) is 5.51. The molecule has 15 heavy (non-hydrogen) atoms. The lowest BCUT2D eigenvalue weighted by atomic mass is 9.93. The summed E-state index contributed by atoms with van der Waals surface area (Å²) in [5, 5.41) is 0. The summed E-state index contributed by atoms with van der Waals surface area (Å²) in [6.07, 6.45) is 10.6. The van der Waals surface area contributed by atoms with E-state index in [1.54, 1.807) is 0 Å². The monoisotopic (exact) mass is 209 g/mol. The number of nitrogens with two attached hydrogens (primary N) is 1. The Morgan fingerprint density at radius 1 is 1.60 bits per heavy atom. The Bertz CT molecular complexity index is 258. The van der Waals surface area contributed by atoms with E-state index >= 15 is 0 Å². The lowest BCUT2D eigenvalue weighted by Gasteiger charge is -2.19. The van der Waals surface area contributed by atoms with Gasteiger partial charge in [0.05, 0.1) is 6.61 Å². The van der Waals surface area contributed by atoms with Gasteiger partial charge in [0, 0.05) is 5.92 Å². The van der Waals surface area contributed by atoms with E-state index in [-0.39, 0.29) is 11.9 Å². The van der Waals surface area contributed by atoms with Gasteiger partial charge >= 0.3 is 5.97 Å². The Hall–Kier alpha value is -1.09. The highest BCUT2D eigenvalue weighted by molar-refractivity contribution is 5.76. The molecule has 3 nitrogen and oxygen atoms in total. The normalized spacial score (nSPS) is 21.3. The largest absolute Gasteiger partial charge is 0.465 e. The first kappa shape index (κ1) is 12.0. The Balaban J connectivity index is 2.32. The van der Waals surface area contributed by atoms with E-state index in [2.05, 4.69) is 6.92 Å². The fourth-order valence-electron chi connectivity index (χ4n) is 1.45. The van der Waals surface area contributed by atoms with Crippen LogP contribution in [0.3, 0.4) is 0 Å². The third kappa shape index (κ3) is 3.88. The lowest BCUT2D eigenvalue weighted by Crippen LogP contribution is -2.39. The van der Waals surface area contributed by atoms with Gasteiger partial charge in [-0.1, -0.05) is 37.6 Å². The lowest BCUT2D eigenvalue weighted by molar-refractivity contribution is -0.146. The number of ether oxygens (including phenoxy) is 1. The fourth-order valence-corrected chi connectivity index (χ4v) is 1.45. The number of rotatable bonds is 5. The van der Waals surface area contributed by atoms with Gasteiger partial charge in [0.2, 0.25) is 0 Å². The molecule has 0 amide bonds. The Morgan fingerprint density at radius 2 is 2.40 bits per heavy atom. The van der Waals surface area contributed by atoms with Crippen LogP contribution >= 0.6 is 0 Å². The van der Waals surface area contributed by atoms with E-state index in [1.165, 1.54) is 0 Å². The molecule has 2 unspecified atom stereocenters. The third-order valence-corrected chi connectivity index (χ3v) is 2.49. The van der Waals surface area contributed by atoms with Crippen LogP contribution in [0.15, 0.2) is 24.3 Å². The number of carbonyl (C=O) groups excluding carboxylic acids is 1. The highest BCUT2D eigenvalue weighted by atomic mass is 16.5. The SMILES string of the molecule is CCCCOC(=O)C(N)C1C=CC=CC1. The van der Waals surface area contributed by atoms with E-state index in [4.69, 9.17) is 10.5 Å². The molecule has 0 aromatic heterocycles. The number of esters is 1. The van der Waals surface area contributed by atoms with Crippen LogP contribution in [0.5, 0.6) is 0 Å². The van der Waals surface area contributed by atoms with Crippen LogP contribution in [0.1, 0.15) is 26.2 Å². The Labute approximate surface area is 91.0 Å².